The number of allylic oxidation sites excluding steroid dienone is 1. The van der Waals surface area contributed by atoms with Crippen LogP contribution in [0.15, 0.2) is 30.3 Å². The summed E-state index contributed by atoms with van der Waals surface area (Å²) in [4.78, 5) is 11.1. The number of esters is 1. The van der Waals surface area contributed by atoms with Crippen LogP contribution in [0.5, 0.6) is 0 Å². The standard InChI is InChI=1S/C18H21FO2/c1-3-4-5-6-7-8-9-10-18(21-15(2)20)16-11-13-17(19)14-12-16/h10-14H,3-7H2,1-2H3/b18-10-. The van der Waals surface area contributed by atoms with Gasteiger partial charge in [0.1, 0.15) is 11.6 Å². The van der Waals surface area contributed by atoms with Gasteiger partial charge in [0, 0.05) is 25.0 Å². The Balaban J connectivity index is 2.69. The number of unbranched alkanes of at least 4 members (excludes halogenated alkanes) is 4. The van der Waals surface area contributed by atoms with E-state index in [1.807, 2.05) is 0 Å². The predicted molar refractivity (Wildman–Crippen MR) is 82.7 cm³/mol. The quantitative estimate of drug-likeness (QED) is 0.328. The van der Waals surface area contributed by atoms with Crippen LogP contribution in [0.4, 0.5) is 4.39 Å². The van der Waals surface area contributed by atoms with E-state index in [1.165, 1.54) is 38.3 Å². The van der Waals surface area contributed by atoms with Crippen LogP contribution in [0.25, 0.3) is 5.76 Å². The number of ether oxygens (including phenoxy) is 1. The largest absolute Gasteiger partial charge is 0.425 e. The van der Waals surface area contributed by atoms with Crippen LogP contribution >= 0.6 is 0 Å². The lowest BCUT2D eigenvalue weighted by molar-refractivity contribution is -0.134. The van der Waals surface area contributed by atoms with E-state index in [1.54, 1.807) is 18.2 Å². The fourth-order valence-corrected chi connectivity index (χ4v) is 1.77. The Kier molecular flexibility index (Phi) is 7.89. The van der Waals surface area contributed by atoms with Crippen molar-refractivity contribution >= 4 is 11.7 Å². The Bertz CT molecular complexity index is 533. The normalized spacial score (nSPS) is 10.7. The number of carbonyl (C=O) groups excluding carboxylic acids is 1. The number of halogens is 1. The maximum absolute atomic E-state index is 12.9. The van der Waals surface area contributed by atoms with Gasteiger partial charge >= 0.3 is 5.97 Å². The van der Waals surface area contributed by atoms with Gasteiger partial charge in [0.05, 0.1) is 0 Å². The summed E-state index contributed by atoms with van der Waals surface area (Å²) in [5, 5.41) is 0. The number of hydrogen-bond donors (Lipinski definition) is 0. The number of rotatable bonds is 6. The fraction of sp³-hybridized carbons (Fsp3) is 0.389. The molecule has 0 aliphatic carbocycles. The summed E-state index contributed by atoms with van der Waals surface area (Å²) in [6, 6.07) is 5.77. The van der Waals surface area contributed by atoms with E-state index >= 15 is 0 Å². The Morgan fingerprint density at radius 2 is 1.95 bits per heavy atom. The maximum Gasteiger partial charge on any atom is 0.308 e. The van der Waals surface area contributed by atoms with Crippen molar-refractivity contribution in [1.29, 1.82) is 0 Å². The highest BCUT2D eigenvalue weighted by atomic mass is 19.1. The van der Waals surface area contributed by atoms with Gasteiger partial charge in [-0.05, 0) is 30.7 Å². The summed E-state index contributed by atoms with van der Waals surface area (Å²) in [6.45, 7) is 3.50. The van der Waals surface area contributed by atoms with Crippen molar-refractivity contribution in [3.05, 3.63) is 41.7 Å². The highest BCUT2D eigenvalue weighted by Crippen LogP contribution is 2.16. The lowest BCUT2D eigenvalue weighted by atomic mass is 10.1. The molecule has 3 heteroatoms. The molecule has 0 aromatic heterocycles. The van der Waals surface area contributed by atoms with Gasteiger partial charge in [-0.15, -0.1) is 0 Å². The van der Waals surface area contributed by atoms with Gasteiger partial charge in [0.25, 0.3) is 0 Å². The molecule has 0 bridgehead atoms. The van der Waals surface area contributed by atoms with Crippen molar-refractivity contribution in [2.45, 2.75) is 46.0 Å². The minimum absolute atomic E-state index is 0.331. The van der Waals surface area contributed by atoms with Crippen LogP contribution in [0, 0.1) is 17.7 Å². The first kappa shape index (κ1) is 17.0. The molecule has 0 saturated heterocycles. The van der Waals surface area contributed by atoms with E-state index in [2.05, 4.69) is 18.8 Å². The van der Waals surface area contributed by atoms with E-state index in [9.17, 15) is 9.18 Å². The summed E-state index contributed by atoms with van der Waals surface area (Å²) < 4.78 is 18.0. The average molecular weight is 288 g/mol. The van der Waals surface area contributed by atoms with E-state index in [4.69, 9.17) is 4.74 Å². The van der Waals surface area contributed by atoms with Crippen LogP contribution in [0.1, 0.15) is 51.5 Å². The second-order valence-corrected chi connectivity index (χ2v) is 4.74. The average Bonchev–Trinajstić information content (AvgIpc) is 2.45. The predicted octanol–water partition coefficient (Wildman–Crippen LogP) is 4.70. The zero-order chi connectivity index (χ0) is 15.5. The SMILES string of the molecule is CCCCCCC#C/C=C(\OC(C)=O)c1ccc(F)cc1. The van der Waals surface area contributed by atoms with Gasteiger partial charge in [0.2, 0.25) is 0 Å². The summed E-state index contributed by atoms with van der Waals surface area (Å²) in [6.07, 6.45) is 7.08. The summed E-state index contributed by atoms with van der Waals surface area (Å²) >= 11 is 0. The van der Waals surface area contributed by atoms with E-state index in [0.29, 0.717) is 11.3 Å². The van der Waals surface area contributed by atoms with Gasteiger partial charge in [0.15, 0.2) is 0 Å². The monoisotopic (exact) mass is 288 g/mol. The smallest absolute Gasteiger partial charge is 0.308 e. The third-order valence-electron chi connectivity index (χ3n) is 2.84. The summed E-state index contributed by atoms with van der Waals surface area (Å²) in [5.74, 6) is 5.53. The second-order valence-electron chi connectivity index (χ2n) is 4.74. The third-order valence-corrected chi connectivity index (χ3v) is 2.84. The van der Waals surface area contributed by atoms with Crippen LogP contribution < -0.4 is 0 Å². The molecule has 0 aliphatic rings. The summed E-state index contributed by atoms with van der Waals surface area (Å²) in [7, 11) is 0. The third kappa shape index (κ3) is 7.31. The van der Waals surface area contributed by atoms with Crippen LogP contribution in [0.2, 0.25) is 0 Å². The lowest BCUT2D eigenvalue weighted by Gasteiger charge is -2.05. The maximum atomic E-state index is 12.9. The Morgan fingerprint density at radius 3 is 2.57 bits per heavy atom. The van der Waals surface area contributed by atoms with Gasteiger partial charge in [-0.2, -0.15) is 0 Å². The molecule has 0 fully saturated rings. The molecule has 0 spiro atoms. The summed E-state index contributed by atoms with van der Waals surface area (Å²) in [5.41, 5.74) is 0.631. The molecule has 1 rings (SSSR count). The highest BCUT2D eigenvalue weighted by molar-refractivity contribution is 5.77. The number of hydrogen-bond acceptors (Lipinski definition) is 2. The molecule has 0 amide bonds. The van der Waals surface area contributed by atoms with Crippen LogP contribution in [0.3, 0.4) is 0 Å². The molecule has 0 heterocycles. The van der Waals surface area contributed by atoms with Crippen LogP contribution in [-0.2, 0) is 9.53 Å². The fourth-order valence-electron chi connectivity index (χ4n) is 1.77. The molecule has 0 aliphatic heterocycles. The molecule has 112 valence electrons. The topological polar surface area (TPSA) is 26.3 Å². The molecule has 0 N–H and O–H groups in total. The number of benzene rings is 1. The minimum atomic E-state index is -0.421. The molecule has 2 nitrogen and oxygen atoms in total. The van der Waals surface area contributed by atoms with Crippen molar-refractivity contribution < 1.29 is 13.9 Å². The molecule has 0 atom stereocenters. The molecule has 1 aromatic rings. The Morgan fingerprint density at radius 1 is 1.24 bits per heavy atom. The molecule has 0 unspecified atom stereocenters. The first-order valence-corrected chi connectivity index (χ1v) is 7.26. The molecule has 0 radical (unpaired) electrons. The zero-order valence-electron chi connectivity index (χ0n) is 12.6. The van der Waals surface area contributed by atoms with Gasteiger partial charge in [-0.1, -0.05) is 38.0 Å². The Labute approximate surface area is 126 Å². The molecular weight excluding hydrogens is 267 g/mol. The molecule has 1 aromatic carbocycles. The van der Waals surface area contributed by atoms with Crippen molar-refractivity contribution in [1.82, 2.24) is 0 Å². The van der Waals surface area contributed by atoms with Crippen LogP contribution in [-0.4, -0.2) is 5.97 Å². The zero-order valence-corrected chi connectivity index (χ0v) is 12.6. The second kappa shape index (κ2) is 9.77. The van der Waals surface area contributed by atoms with Crippen molar-refractivity contribution in [3.63, 3.8) is 0 Å². The van der Waals surface area contributed by atoms with Gasteiger partial charge in [-0.25, -0.2) is 4.39 Å². The Hall–Kier alpha value is -2.08. The molecule has 21 heavy (non-hydrogen) atoms. The van der Waals surface area contributed by atoms with Gasteiger partial charge < -0.3 is 4.74 Å². The molecular formula is C18H21FO2. The van der Waals surface area contributed by atoms with E-state index < -0.39 is 5.97 Å². The first-order chi connectivity index (χ1) is 10.1. The van der Waals surface area contributed by atoms with Crippen molar-refractivity contribution in [2.75, 3.05) is 0 Å². The van der Waals surface area contributed by atoms with Crippen molar-refractivity contribution in [3.8, 4) is 11.8 Å². The van der Waals surface area contributed by atoms with E-state index in [0.717, 1.165) is 12.8 Å². The van der Waals surface area contributed by atoms with Gasteiger partial charge in [-0.3, -0.25) is 4.79 Å². The first-order valence-electron chi connectivity index (χ1n) is 7.26. The van der Waals surface area contributed by atoms with E-state index in [-0.39, 0.29) is 5.82 Å². The minimum Gasteiger partial charge on any atom is -0.425 e. The lowest BCUT2D eigenvalue weighted by Crippen LogP contribution is -1.98. The molecule has 0 saturated carbocycles. The highest BCUT2D eigenvalue weighted by Gasteiger charge is 2.05. The number of carbonyl (C=O) groups is 1. The van der Waals surface area contributed by atoms with Crippen molar-refractivity contribution in [2.24, 2.45) is 0 Å².